The first-order valence-electron chi connectivity index (χ1n) is 8.01. The maximum Gasteiger partial charge on any atom is 0.182 e. The van der Waals surface area contributed by atoms with Crippen molar-refractivity contribution in [2.24, 2.45) is 0 Å². The van der Waals surface area contributed by atoms with Gasteiger partial charge in [0, 0.05) is 23.2 Å². The molecule has 0 aliphatic heterocycles. The largest absolute Gasteiger partial charge is 0.252 e. The quantitative estimate of drug-likeness (QED) is 0.493. The van der Waals surface area contributed by atoms with Gasteiger partial charge in [0.25, 0.3) is 0 Å². The molecule has 0 amide bonds. The molecule has 0 bridgehead atoms. The van der Waals surface area contributed by atoms with Crippen LogP contribution in [0.15, 0.2) is 67.0 Å². The van der Waals surface area contributed by atoms with Crippen LogP contribution in [0.2, 0.25) is 0 Å². The number of para-hydroxylation sites is 1. The van der Waals surface area contributed by atoms with Crippen LogP contribution >= 0.6 is 0 Å². The van der Waals surface area contributed by atoms with Crippen LogP contribution in [-0.2, 0) is 0 Å². The summed E-state index contributed by atoms with van der Waals surface area (Å²) in [7, 11) is 0. The highest BCUT2D eigenvalue weighted by atomic mass is 15.3. The Labute approximate surface area is 143 Å². The molecule has 5 aromatic rings. The first-order valence-corrected chi connectivity index (χ1v) is 8.01. The molecule has 4 aromatic heterocycles. The zero-order valence-electron chi connectivity index (χ0n) is 13.2. The topological polar surface area (TPSA) is 56.0 Å². The first kappa shape index (κ1) is 13.8. The van der Waals surface area contributed by atoms with E-state index in [0.29, 0.717) is 5.82 Å². The normalized spacial score (nSPS) is 11.8. The molecule has 0 fully saturated rings. The van der Waals surface area contributed by atoms with Gasteiger partial charge >= 0.3 is 0 Å². The predicted molar refractivity (Wildman–Crippen MR) is 99.0 cm³/mol. The van der Waals surface area contributed by atoms with Crippen molar-refractivity contribution in [2.45, 2.75) is 0 Å². The molecule has 25 heavy (non-hydrogen) atoms. The highest BCUT2D eigenvalue weighted by Crippen LogP contribution is 2.17. The van der Waals surface area contributed by atoms with Crippen LogP contribution < -0.4 is 0 Å². The van der Waals surface area contributed by atoms with Gasteiger partial charge in [-0.15, -0.1) is 5.10 Å². The van der Waals surface area contributed by atoms with Crippen molar-refractivity contribution in [1.82, 2.24) is 24.6 Å². The van der Waals surface area contributed by atoms with Gasteiger partial charge in [-0.3, -0.25) is 4.98 Å². The molecule has 4 heterocycles. The second-order valence-corrected chi connectivity index (χ2v) is 5.76. The summed E-state index contributed by atoms with van der Waals surface area (Å²) in [6.45, 7) is 0. The van der Waals surface area contributed by atoms with E-state index in [1.165, 1.54) is 0 Å². The molecule has 0 unspecified atom stereocenters. The molecule has 0 aliphatic rings. The van der Waals surface area contributed by atoms with Crippen LogP contribution in [0, 0.1) is 0 Å². The number of pyridine rings is 3. The number of nitrogens with zero attached hydrogens (tertiary/aromatic N) is 5. The van der Waals surface area contributed by atoms with Crippen molar-refractivity contribution in [2.75, 3.05) is 0 Å². The first-order chi connectivity index (χ1) is 12.4. The van der Waals surface area contributed by atoms with Gasteiger partial charge in [0.2, 0.25) is 0 Å². The Morgan fingerprint density at radius 1 is 0.800 bits per heavy atom. The fraction of sp³-hybridized carbons (Fsp3) is 0. The van der Waals surface area contributed by atoms with Crippen LogP contribution in [0.3, 0.4) is 0 Å². The summed E-state index contributed by atoms with van der Waals surface area (Å²) in [6.07, 6.45) is 7.47. The standard InChI is InChI=1S/C20H13N5/c1-2-6-17-14(4-1)7-8-16(22-17)9-10-18-23-20-19-15(5-3-12-21-19)11-13-25(20)24-18/h1-13H/b10-9+. The average molecular weight is 323 g/mol. The molecule has 0 N–H and O–H groups in total. The average Bonchev–Trinajstić information content (AvgIpc) is 3.10. The van der Waals surface area contributed by atoms with Gasteiger partial charge in [-0.2, -0.15) is 0 Å². The van der Waals surface area contributed by atoms with Gasteiger partial charge in [-0.1, -0.05) is 30.3 Å². The lowest BCUT2D eigenvalue weighted by atomic mass is 10.2. The maximum absolute atomic E-state index is 4.63. The summed E-state index contributed by atoms with van der Waals surface area (Å²) in [5.74, 6) is 0.633. The summed E-state index contributed by atoms with van der Waals surface area (Å²) in [5, 5.41) is 6.67. The third kappa shape index (κ3) is 2.42. The molecule has 5 rings (SSSR count). The van der Waals surface area contributed by atoms with Gasteiger partial charge in [0.1, 0.15) is 5.52 Å². The fourth-order valence-corrected chi connectivity index (χ4v) is 2.90. The summed E-state index contributed by atoms with van der Waals surface area (Å²) in [6, 6.07) is 18.0. The Morgan fingerprint density at radius 3 is 2.72 bits per heavy atom. The second-order valence-electron chi connectivity index (χ2n) is 5.76. The zero-order chi connectivity index (χ0) is 16.6. The molecule has 118 valence electrons. The summed E-state index contributed by atoms with van der Waals surface area (Å²) in [4.78, 5) is 13.6. The number of fused-ring (bicyclic) bond motifs is 4. The minimum absolute atomic E-state index is 0.633. The Hall–Kier alpha value is -3.60. The van der Waals surface area contributed by atoms with E-state index < -0.39 is 0 Å². The van der Waals surface area contributed by atoms with Crippen molar-refractivity contribution < 1.29 is 0 Å². The van der Waals surface area contributed by atoms with Crippen molar-refractivity contribution >= 4 is 39.6 Å². The van der Waals surface area contributed by atoms with Crippen molar-refractivity contribution in [3.05, 3.63) is 78.5 Å². The molecule has 0 aliphatic carbocycles. The van der Waals surface area contributed by atoms with E-state index in [0.717, 1.165) is 33.1 Å². The molecule has 0 atom stereocenters. The molecule has 5 heteroatoms. The predicted octanol–water partition coefficient (Wildman–Crippen LogP) is 4.00. The van der Waals surface area contributed by atoms with Crippen molar-refractivity contribution in [1.29, 1.82) is 0 Å². The van der Waals surface area contributed by atoms with E-state index in [4.69, 9.17) is 0 Å². The van der Waals surface area contributed by atoms with E-state index in [-0.39, 0.29) is 0 Å². The van der Waals surface area contributed by atoms with Gasteiger partial charge in [0.15, 0.2) is 11.5 Å². The lowest BCUT2D eigenvalue weighted by Crippen LogP contribution is -1.89. The number of benzene rings is 1. The number of rotatable bonds is 2. The van der Waals surface area contributed by atoms with Crippen LogP contribution in [0.1, 0.15) is 11.5 Å². The van der Waals surface area contributed by atoms with Crippen molar-refractivity contribution in [3.63, 3.8) is 0 Å². The lowest BCUT2D eigenvalue weighted by Gasteiger charge is -1.97. The Bertz CT molecular complexity index is 1250. The minimum atomic E-state index is 0.633. The lowest BCUT2D eigenvalue weighted by molar-refractivity contribution is 0.957. The maximum atomic E-state index is 4.63. The van der Waals surface area contributed by atoms with Crippen molar-refractivity contribution in [3.8, 4) is 0 Å². The number of hydrogen-bond donors (Lipinski definition) is 0. The van der Waals surface area contributed by atoms with Crippen LogP contribution in [0.5, 0.6) is 0 Å². The smallest absolute Gasteiger partial charge is 0.182 e. The van der Waals surface area contributed by atoms with E-state index in [2.05, 4.69) is 32.2 Å². The fourth-order valence-electron chi connectivity index (χ4n) is 2.90. The number of aromatic nitrogens is 5. The van der Waals surface area contributed by atoms with Gasteiger partial charge < -0.3 is 0 Å². The molecule has 0 saturated heterocycles. The second kappa shape index (κ2) is 5.49. The Balaban J connectivity index is 1.56. The van der Waals surface area contributed by atoms with Gasteiger partial charge in [-0.25, -0.2) is 14.5 Å². The Morgan fingerprint density at radius 2 is 1.72 bits per heavy atom. The molecule has 0 saturated carbocycles. The van der Waals surface area contributed by atoms with E-state index in [1.807, 2.05) is 60.8 Å². The molecular weight excluding hydrogens is 310 g/mol. The van der Waals surface area contributed by atoms with Crippen LogP contribution in [0.25, 0.3) is 39.6 Å². The molecular formula is C20H13N5. The summed E-state index contributed by atoms with van der Waals surface area (Å²) >= 11 is 0. The molecule has 1 aromatic carbocycles. The highest BCUT2D eigenvalue weighted by Gasteiger charge is 2.06. The monoisotopic (exact) mass is 323 g/mol. The molecule has 0 radical (unpaired) electrons. The van der Waals surface area contributed by atoms with E-state index >= 15 is 0 Å². The minimum Gasteiger partial charge on any atom is -0.252 e. The third-order valence-electron chi connectivity index (χ3n) is 4.12. The Kier molecular flexibility index (Phi) is 3.03. The molecule has 0 spiro atoms. The SMILES string of the molecule is C(=C\c1nc2c3ncccc3ccn2n1)/c1ccc2ccccc2n1. The highest BCUT2D eigenvalue weighted by molar-refractivity contribution is 5.90. The van der Waals surface area contributed by atoms with Crippen LogP contribution in [-0.4, -0.2) is 24.6 Å². The molecule has 5 nitrogen and oxygen atoms in total. The van der Waals surface area contributed by atoms with Crippen LogP contribution in [0.4, 0.5) is 0 Å². The van der Waals surface area contributed by atoms with E-state index in [9.17, 15) is 0 Å². The summed E-state index contributed by atoms with van der Waals surface area (Å²) in [5.41, 5.74) is 3.45. The van der Waals surface area contributed by atoms with Gasteiger partial charge in [-0.05, 0) is 36.4 Å². The third-order valence-corrected chi connectivity index (χ3v) is 4.12. The van der Waals surface area contributed by atoms with Gasteiger partial charge in [0.05, 0.1) is 11.2 Å². The number of hydrogen-bond acceptors (Lipinski definition) is 4. The summed E-state index contributed by atoms with van der Waals surface area (Å²) < 4.78 is 1.75. The zero-order valence-corrected chi connectivity index (χ0v) is 13.2. The van der Waals surface area contributed by atoms with E-state index in [1.54, 1.807) is 10.7 Å².